The van der Waals surface area contributed by atoms with Crippen LogP contribution in [-0.4, -0.2) is 30.5 Å². The third-order valence-corrected chi connectivity index (χ3v) is 4.10. The molecule has 0 bridgehead atoms. The van der Waals surface area contributed by atoms with Gasteiger partial charge in [0.05, 0.1) is 5.01 Å². The Morgan fingerprint density at radius 2 is 1.78 bits per heavy atom. The number of hydrogen-bond acceptors (Lipinski definition) is 5. The second-order valence-corrected chi connectivity index (χ2v) is 6.13. The lowest BCUT2D eigenvalue weighted by Crippen LogP contribution is -2.17. The topological polar surface area (TPSA) is 80.3 Å². The van der Waals surface area contributed by atoms with Crippen LogP contribution in [0.4, 0.5) is 11.4 Å². The van der Waals surface area contributed by atoms with Gasteiger partial charge in [0, 0.05) is 29.8 Å². The molecule has 0 atom stereocenters. The monoisotopic (exact) mass is 333 g/mol. The molecule has 2 aromatic rings. The molecule has 2 rings (SSSR count). The lowest BCUT2D eigenvalue weighted by atomic mass is 10.2. The van der Waals surface area contributed by atoms with Crippen molar-refractivity contribution in [1.29, 1.82) is 0 Å². The number of hydrogen-bond donors (Lipinski definition) is 2. The van der Waals surface area contributed by atoms with Crippen molar-refractivity contribution in [1.82, 2.24) is 4.98 Å². The molecular formula is C16H19N3O3S. The maximum atomic E-state index is 12.1. The maximum absolute atomic E-state index is 12.1. The third kappa shape index (κ3) is 4.87. The number of nitrogens with one attached hydrogen (secondary N) is 2. The van der Waals surface area contributed by atoms with E-state index < -0.39 is 0 Å². The summed E-state index contributed by atoms with van der Waals surface area (Å²) < 4.78 is 4.74. The smallest absolute Gasteiger partial charge is 0.275 e. The van der Waals surface area contributed by atoms with E-state index in [0.29, 0.717) is 23.0 Å². The fourth-order valence-corrected chi connectivity index (χ4v) is 2.63. The highest BCUT2D eigenvalue weighted by Crippen LogP contribution is 2.20. The SMILES string of the molecule is COCC(=O)Nc1ccc(NC(=O)c2csc(C(C)C)n2)cc1. The van der Waals surface area contributed by atoms with Gasteiger partial charge in [-0.3, -0.25) is 9.59 Å². The average molecular weight is 333 g/mol. The van der Waals surface area contributed by atoms with E-state index in [0.717, 1.165) is 5.01 Å². The van der Waals surface area contributed by atoms with Crippen molar-refractivity contribution < 1.29 is 14.3 Å². The largest absolute Gasteiger partial charge is 0.375 e. The standard InChI is InChI=1S/C16H19N3O3S/c1-10(2)16-19-13(9-23-16)15(21)18-12-6-4-11(5-7-12)17-14(20)8-22-3/h4-7,9-10H,8H2,1-3H3,(H,17,20)(H,18,21). The van der Waals surface area contributed by atoms with Crippen LogP contribution in [0.1, 0.15) is 35.3 Å². The van der Waals surface area contributed by atoms with Crippen LogP contribution in [-0.2, 0) is 9.53 Å². The lowest BCUT2D eigenvalue weighted by molar-refractivity contribution is -0.119. The molecule has 2 amide bonds. The van der Waals surface area contributed by atoms with Crippen molar-refractivity contribution in [2.45, 2.75) is 19.8 Å². The van der Waals surface area contributed by atoms with Gasteiger partial charge in [-0.25, -0.2) is 4.98 Å². The number of methoxy groups -OCH3 is 1. The minimum atomic E-state index is -0.246. The summed E-state index contributed by atoms with van der Waals surface area (Å²) in [5.74, 6) is -0.172. The van der Waals surface area contributed by atoms with E-state index in [1.54, 1.807) is 29.6 Å². The average Bonchev–Trinajstić information content (AvgIpc) is 3.00. The molecule has 1 aromatic carbocycles. The summed E-state index contributed by atoms with van der Waals surface area (Å²) in [7, 11) is 1.46. The quantitative estimate of drug-likeness (QED) is 0.851. The Hall–Kier alpha value is -2.25. The molecule has 1 heterocycles. The molecule has 0 aliphatic carbocycles. The summed E-state index contributed by atoms with van der Waals surface area (Å²) in [6, 6.07) is 6.86. The first kappa shape index (κ1) is 17.1. The summed E-state index contributed by atoms with van der Waals surface area (Å²) in [6.07, 6.45) is 0. The minimum absolute atomic E-state index is 0.000493. The fraction of sp³-hybridized carbons (Fsp3) is 0.312. The second kappa shape index (κ2) is 7.85. The minimum Gasteiger partial charge on any atom is -0.375 e. The van der Waals surface area contributed by atoms with Crippen LogP contribution in [0.5, 0.6) is 0 Å². The van der Waals surface area contributed by atoms with Crippen LogP contribution in [0.25, 0.3) is 0 Å². The Kier molecular flexibility index (Phi) is 5.84. The van der Waals surface area contributed by atoms with Gasteiger partial charge in [0.2, 0.25) is 5.91 Å². The highest BCUT2D eigenvalue weighted by Gasteiger charge is 2.12. The summed E-state index contributed by atoms with van der Waals surface area (Å²) >= 11 is 1.48. The van der Waals surface area contributed by atoms with Crippen LogP contribution >= 0.6 is 11.3 Å². The van der Waals surface area contributed by atoms with Gasteiger partial charge in [-0.2, -0.15) is 0 Å². The number of anilines is 2. The van der Waals surface area contributed by atoms with Crippen LogP contribution in [0, 0.1) is 0 Å². The number of rotatable bonds is 6. The Balaban J connectivity index is 1.97. The van der Waals surface area contributed by atoms with Crippen molar-refractivity contribution in [3.8, 4) is 0 Å². The van der Waals surface area contributed by atoms with Gasteiger partial charge in [0.1, 0.15) is 12.3 Å². The number of carbonyl (C=O) groups excluding carboxylic acids is 2. The van der Waals surface area contributed by atoms with E-state index in [1.165, 1.54) is 18.4 Å². The zero-order valence-electron chi connectivity index (χ0n) is 13.3. The lowest BCUT2D eigenvalue weighted by Gasteiger charge is -2.07. The first-order valence-electron chi connectivity index (χ1n) is 7.15. The van der Waals surface area contributed by atoms with E-state index >= 15 is 0 Å². The van der Waals surface area contributed by atoms with Crippen LogP contribution in [0.3, 0.4) is 0 Å². The van der Waals surface area contributed by atoms with Crippen LogP contribution < -0.4 is 10.6 Å². The molecule has 0 fully saturated rings. The van der Waals surface area contributed by atoms with Crippen molar-refractivity contribution in [2.24, 2.45) is 0 Å². The summed E-state index contributed by atoms with van der Waals surface area (Å²) in [5.41, 5.74) is 1.69. The maximum Gasteiger partial charge on any atom is 0.275 e. The van der Waals surface area contributed by atoms with Crippen molar-refractivity contribution in [3.63, 3.8) is 0 Å². The molecule has 0 saturated heterocycles. The highest BCUT2D eigenvalue weighted by molar-refractivity contribution is 7.09. The fourth-order valence-electron chi connectivity index (χ4n) is 1.82. The number of amides is 2. The van der Waals surface area contributed by atoms with Crippen LogP contribution in [0.15, 0.2) is 29.6 Å². The van der Waals surface area contributed by atoms with E-state index in [9.17, 15) is 9.59 Å². The molecule has 23 heavy (non-hydrogen) atoms. The molecule has 122 valence electrons. The van der Waals surface area contributed by atoms with E-state index in [1.807, 2.05) is 13.8 Å². The number of aromatic nitrogens is 1. The van der Waals surface area contributed by atoms with E-state index in [2.05, 4.69) is 15.6 Å². The zero-order chi connectivity index (χ0) is 16.8. The van der Waals surface area contributed by atoms with E-state index in [-0.39, 0.29) is 18.4 Å². The molecule has 0 spiro atoms. The Labute approximate surface area is 138 Å². The molecule has 0 aliphatic rings. The van der Waals surface area contributed by atoms with Crippen LogP contribution in [0.2, 0.25) is 0 Å². The highest BCUT2D eigenvalue weighted by atomic mass is 32.1. The number of thiazole rings is 1. The van der Waals surface area contributed by atoms with Gasteiger partial charge in [-0.15, -0.1) is 11.3 Å². The molecular weight excluding hydrogens is 314 g/mol. The molecule has 0 saturated carbocycles. The third-order valence-electron chi connectivity index (χ3n) is 2.95. The van der Waals surface area contributed by atoms with Gasteiger partial charge in [0.25, 0.3) is 5.91 Å². The first-order chi connectivity index (χ1) is 11.0. The van der Waals surface area contributed by atoms with Crippen molar-refractivity contribution in [3.05, 3.63) is 40.3 Å². The zero-order valence-corrected chi connectivity index (χ0v) is 14.1. The molecule has 1 aromatic heterocycles. The number of carbonyl (C=O) groups is 2. The number of benzene rings is 1. The number of ether oxygens (including phenoxy) is 1. The molecule has 0 radical (unpaired) electrons. The predicted octanol–water partition coefficient (Wildman–Crippen LogP) is 3.10. The Morgan fingerprint density at radius 1 is 1.17 bits per heavy atom. The second-order valence-electron chi connectivity index (χ2n) is 5.24. The molecule has 0 aliphatic heterocycles. The Morgan fingerprint density at radius 3 is 2.30 bits per heavy atom. The van der Waals surface area contributed by atoms with Gasteiger partial charge < -0.3 is 15.4 Å². The molecule has 6 nitrogen and oxygen atoms in total. The van der Waals surface area contributed by atoms with Gasteiger partial charge >= 0.3 is 0 Å². The summed E-state index contributed by atoms with van der Waals surface area (Å²) in [5, 5.41) is 8.16. The predicted molar refractivity (Wildman–Crippen MR) is 91.1 cm³/mol. The van der Waals surface area contributed by atoms with E-state index in [4.69, 9.17) is 4.74 Å². The summed E-state index contributed by atoms with van der Waals surface area (Å²) in [4.78, 5) is 27.9. The molecule has 7 heteroatoms. The van der Waals surface area contributed by atoms with Gasteiger partial charge in [-0.1, -0.05) is 13.8 Å². The molecule has 0 unspecified atom stereocenters. The molecule has 2 N–H and O–H groups in total. The summed E-state index contributed by atoms with van der Waals surface area (Å²) in [6.45, 7) is 4.08. The normalized spacial score (nSPS) is 10.6. The Bertz CT molecular complexity index is 680. The van der Waals surface area contributed by atoms with Crippen molar-refractivity contribution >= 4 is 34.5 Å². The van der Waals surface area contributed by atoms with Gasteiger partial charge in [-0.05, 0) is 24.3 Å². The van der Waals surface area contributed by atoms with Gasteiger partial charge in [0.15, 0.2) is 0 Å². The first-order valence-corrected chi connectivity index (χ1v) is 8.03. The van der Waals surface area contributed by atoms with Crippen molar-refractivity contribution in [2.75, 3.05) is 24.4 Å². The number of nitrogens with zero attached hydrogens (tertiary/aromatic N) is 1.